The molecule has 5 heteroatoms. The minimum atomic E-state index is -0.269. The first-order valence-corrected chi connectivity index (χ1v) is 8.26. The van der Waals surface area contributed by atoms with Crippen molar-refractivity contribution in [2.45, 2.75) is 10.6 Å². The Balaban J connectivity index is 1.72. The fourth-order valence-corrected chi connectivity index (χ4v) is 3.68. The van der Waals surface area contributed by atoms with Crippen LogP contribution in [0.25, 0.3) is 10.6 Å². The van der Waals surface area contributed by atoms with E-state index in [1.807, 2.05) is 35.7 Å². The van der Waals surface area contributed by atoms with Gasteiger partial charge in [0.15, 0.2) is 0 Å². The van der Waals surface area contributed by atoms with Crippen LogP contribution >= 0.6 is 23.1 Å². The molecule has 106 valence electrons. The van der Waals surface area contributed by atoms with Gasteiger partial charge in [0.2, 0.25) is 0 Å². The van der Waals surface area contributed by atoms with E-state index in [4.69, 9.17) is 5.73 Å². The fraction of sp³-hybridized carbons (Fsp3) is 0.0625. The molecule has 0 aliphatic carbocycles. The number of aromatic nitrogens is 1. The quantitative estimate of drug-likeness (QED) is 0.554. The van der Waals surface area contributed by atoms with Crippen molar-refractivity contribution < 1.29 is 4.39 Å². The van der Waals surface area contributed by atoms with Crippen molar-refractivity contribution >= 4 is 28.8 Å². The number of hydrogen-bond donors (Lipinski definition) is 1. The topological polar surface area (TPSA) is 38.9 Å². The number of thiazole rings is 1. The average molecular weight is 316 g/mol. The van der Waals surface area contributed by atoms with Crippen molar-refractivity contribution in [1.29, 1.82) is 0 Å². The summed E-state index contributed by atoms with van der Waals surface area (Å²) in [5, 5.41) is 3.03. The SMILES string of the molecule is Nc1ccc(F)cc1SCc1csc(-c2ccccc2)n1. The number of benzene rings is 2. The molecule has 0 unspecified atom stereocenters. The lowest BCUT2D eigenvalue weighted by molar-refractivity contribution is 0.624. The normalized spacial score (nSPS) is 10.7. The highest BCUT2D eigenvalue weighted by Crippen LogP contribution is 2.30. The van der Waals surface area contributed by atoms with Crippen LogP contribution in [0.15, 0.2) is 58.8 Å². The van der Waals surface area contributed by atoms with E-state index in [-0.39, 0.29) is 5.82 Å². The zero-order valence-electron chi connectivity index (χ0n) is 11.1. The molecule has 0 spiro atoms. The van der Waals surface area contributed by atoms with Gasteiger partial charge in [0.05, 0.1) is 5.69 Å². The van der Waals surface area contributed by atoms with E-state index in [9.17, 15) is 4.39 Å². The molecule has 0 amide bonds. The van der Waals surface area contributed by atoms with Gasteiger partial charge in [-0.2, -0.15) is 0 Å². The second-order valence-electron chi connectivity index (χ2n) is 4.48. The molecule has 0 radical (unpaired) electrons. The highest BCUT2D eigenvalue weighted by atomic mass is 32.2. The molecule has 0 fully saturated rings. The molecule has 0 atom stereocenters. The highest BCUT2D eigenvalue weighted by molar-refractivity contribution is 7.98. The number of rotatable bonds is 4. The second kappa shape index (κ2) is 6.28. The number of nitrogen functional groups attached to an aromatic ring is 1. The molecular weight excluding hydrogens is 303 g/mol. The van der Waals surface area contributed by atoms with Gasteiger partial charge >= 0.3 is 0 Å². The van der Waals surface area contributed by atoms with Crippen LogP contribution in [0, 0.1) is 5.82 Å². The summed E-state index contributed by atoms with van der Waals surface area (Å²) in [7, 11) is 0. The molecule has 0 saturated carbocycles. The van der Waals surface area contributed by atoms with Crippen molar-refractivity contribution in [2.75, 3.05) is 5.73 Å². The van der Waals surface area contributed by atoms with Crippen LogP contribution in [-0.2, 0) is 5.75 Å². The summed E-state index contributed by atoms with van der Waals surface area (Å²) in [5.41, 5.74) is 8.54. The number of halogens is 1. The third kappa shape index (κ3) is 3.43. The number of thioether (sulfide) groups is 1. The predicted molar refractivity (Wildman–Crippen MR) is 87.9 cm³/mol. The van der Waals surface area contributed by atoms with Crippen LogP contribution < -0.4 is 5.73 Å². The predicted octanol–water partition coefficient (Wildman–Crippen LogP) is 4.82. The van der Waals surface area contributed by atoms with Gasteiger partial charge in [-0.15, -0.1) is 23.1 Å². The molecule has 1 aromatic heterocycles. The van der Waals surface area contributed by atoms with Gasteiger partial charge in [-0.05, 0) is 18.2 Å². The lowest BCUT2D eigenvalue weighted by atomic mass is 10.2. The summed E-state index contributed by atoms with van der Waals surface area (Å²) in [6, 6.07) is 14.5. The Kier molecular flexibility index (Phi) is 4.22. The number of nitrogens with two attached hydrogens (primary N) is 1. The summed E-state index contributed by atoms with van der Waals surface area (Å²) in [6.45, 7) is 0. The van der Waals surface area contributed by atoms with Crippen LogP contribution in [0.2, 0.25) is 0 Å². The molecule has 3 rings (SSSR count). The Morgan fingerprint density at radius 1 is 1.14 bits per heavy atom. The van der Waals surface area contributed by atoms with Gasteiger partial charge in [-0.3, -0.25) is 0 Å². The van der Waals surface area contributed by atoms with E-state index >= 15 is 0 Å². The monoisotopic (exact) mass is 316 g/mol. The molecule has 3 aromatic rings. The first kappa shape index (κ1) is 14.1. The Bertz CT molecular complexity index is 741. The molecule has 2 nitrogen and oxygen atoms in total. The fourth-order valence-electron chi connectivity index (χ4n) is 1.87. The van der Waals surface area contributed by atoms with E-state index in [0.717, 1.165) is 21.2 Å². The van der Waals surface area contributed by atoms with E-state index in [1.165, 1.54) is 23.9 Å². The maximum atomic E-state index is 13.2. The Morgan fingerprint density at radius 3 is 2.76 bits per heavy atom. The molecule has 2 aromatic carbocycles. The second-order valence-corrected chi connectivity index (χ2v) is 6.36. The molecule has 0 bridgehead atoms. The molecule has 1 heterocycles. The standard InChI is InChI=1S/C16H13FN2S2/c17-12-6-7-14(18)15(8-12)20-9-13-10-21-16(19-13)11-4-2-1-3-5-11/h1-8,10H,9,18H2. The van der Waals surface area contributed by atoms with Crippen molar-refractivity contribution in [3.8, 4) is 10.6 Å². The maximum Gasteiger partial charge on any atom is 0.124 e. The van der Waals surface area contributed by atoms with E-state index in [0.29, 0.717) is 11.4 Å². The smallest absolute Gasteiger partial charge is 0.124 e. The minimum Gasteiger partial charge on any atom is -0.398 e. The Morgan fingerprint density at radius 2 is 1.95 bits per heavy atom. The van der Waals surface area contributed by atoms with E-state index in [2.05, 4.69) is 4.98 Å². The van der Waals surface area contributed by atoms with E-state index in [1.54, 1.807) is 17.4 Å². The van der Waals surface area contributed by atoms with Crippen LogP contribution in [0.4, 0.5) is 10.1 Å². The average Bonchev–Trinajstić information content (AvgIpc) is 2.98. The largest absolute Gasteiger partial charge is 0.398 e. The van der Waals surface area contributed by atoms with Crippen LogP contribution in [-0.4, -0.2) is 4.98 Å². The third-order valence-electron chi connectivity index (χ3n) is 2.92. The maximum absolute atomic E-state index is 13.2. The van der Waals surface area contributed by atoms with Gasteiger partial charge < -0.3 is 5.73 Å². The van der Waals surface area contributed by atoms with Crippen molar-refractivity contribution in [2.24, 2.45) is 0 Å². The van der Waals surface area contributed by atoms with Crippen LogP contribution in [0.3, 0.4) is 0 Å². The molecule has 0 aliphatic heterocycles. The summed E-state index contributed by atoms with van der Waals surface area (Å²) in [6.07, 6.45) is 0. The minimum absolute atomic E-state index is 0.269. The molecular formula is C16H13FN2S2. The number of anilines is 1. The van der Waals surface area contributed by atoms with Crippen molar-refractivity contribution in [1.82, 2.24) is 4.98 Å². The van der Waals surface area contributed by atoms with Gasteiger partial charge in [0, 0.05) is 27.3 Å². The zero-order valence-corrected chi connectivity index (χ0v) is 12.8. The lowest BCUT2D eigenvalue weighted by Crippen LogP contribution is -1.90. The Labute approximate surface area is 130 Å². The Hall–Kier alpha value is -1.85. The van der Waals surface area contributed by atoms with Gasteiger partial charge in [0.25, 0.3) is 0 Å². The first-order valence-electron chi connectivity index (χ1n) is 6.40. The molecule has 2 N–H and O–H groups in total. The van der Waals surface area contributed by atoms with Gasteiger partial charge in [0.1, 0.15) is 10.8 Å². The first-order chi connectivity index (χ1) is 10.2. The molecule has 0 saturated heterocycles. The molecule has 21 heavy (non-hydrogen) atoms. The summed E-state index contributed by atoms with van der Waals surface area (Å²) in [5.74, 6) is 0.409. The summed E-state index contributed by atoms with van der Waals surface area (Å²) >= 11 is 3.12. The van der Waals surface area contributed by atoms with Gasteiger partial charge in [-0.25, -0.2) is 9.37 Å². The van der Waals surface area contributed by atoms with Gasteiger partial charge in [-0.1, -0.05) is 30.3 Å². The summed E-state index contributed by atoms with van der Waals surface area (Å²) < 4.78 is 13.2. The van der Waals surface area contributed by atoms with Crippen molar-refractivity contribution in [3.63, 3.8) is 0 Å². The number of hydrogen-bond acceptors (Lipinski definition) is 4. The highest BCUT2D eigenvalue weighted by Gasteiger charge is 2.07. The third-order valence-corrected chi connectivity index (χ3v) is 4.97. The van der Waals surface area contributed by atoms with Crippen molar-refractivity contribution in [3.05, 3.63) is 65.4 Å². The zero-order chi connectivity index (χ0) is 14.7. The van der Waals surface area contributed by atoms with Crippen LogP contribution in [0.5, 0.6) is 0 Å². The molecule has 0 aliphatic rings. The van der Waals surface area contributed by atoms with E-state index < -0.39 is 0 Å². The van der Waals surface area contributed by atoms with Crippen LogP contribution in [0.1, 0.15) is 5.69 Å². The number of nitrogens with zero attached hydrogens (tertiary/aromatic N) is 1. The lowest BCUT2D eigenvalue weighted by Gasteiger charge is -2.03. The summed E-state index contributed by atoms with van der Waals surface area (Å²) in [4.78, 5) is 5.36.